The smallest absolute Gasteiger partial charge is 0.369 e. The van der Waals surface area contributed by atoms with Gasteiger partial charge in [0.25, 0.3) is 0 Å². The van der Waals surface area contributed by atoms with Gasteiger partial charge in [-0.05, 0) is 30.3 Å². The lowest BCUT2D eigenvalue weighted by Gasteiger charge is -2.11. The lowest BCUT2D eigenvalue weighted by atomic mass is 10.2. The first-order valence-electron chi connectivity index (χ1n) is 5.87. The first-order valence-corrected chi connectivity index (χ1v) is 5.87. The second-order valence-corrected chi connectivity index (χ2v) is 4.34. The van der Waals surface area contributed by atoms with E-state index in [0.717, 1.165) is 12.1 Å². The van der Waals surface area contributed by atoms with Gasteiger partial charge >= 0.3 is 6.18 Å². The second kappa shape index (κ2) is 4.26. The number of hydrogen-bond donors (Lipinski definition) is 1. The lowest BCUT2D eigenvalue weighted by molar-refractivity contribution is -0.137. The summed E-state index contributed by atoms with van der Waals surface area (Å²) in [7, 11) is 0. The molecule has 3 nitrogen and oxygen atoms in total. The van der Waals surface area contributed by atoms with Crippen LogP contribution in [0.2, 0.25) is 0 Å². The Morgan fingerprint density at radius 2 is 1.75 bits per heavy atom. The van der Waals surface area contributed by atoms with Gasteiger partial charge in [0.05, 0.1) is 16.6 Å². The molecule has 0 saturated heterocycles. The van der Waals surface area contributed by atoms with E-state index < -0.39 is 11.7 Å². The zero-order chi connectivity index (χ0) is 14.3. The summed E-state index contributed by atoms with van der Waals surface area (Å²) in [4.78, 5) is 4.14. The van der Waals surface area contributed by atoms with Crippen LogP contribution in [0.15, 0.2) is 48.5 Å². The van der Waals surface area contributed by atoms with E-state index >= 15 is 0 Å². The van der Waals surface area contributed by atoms with Crippen molar-refractivity contribution in [1.29, 1.82) is 0 Å². The molecule has 1 aromatic heterocycles. The maximum Gasteiger partial charge on any atom is 0.416 e. The van der Waals surface area contributed by atoms with E-state index in [1.54, 1.807) is 30.3 Å². The van der Waals surface area contributed by atoms with Crippen LogP contribution in [-0.4, -0.2) is 9.55 Å². The van der Waals surface area contributed by atoms with Crippen LogP contribution in [0, 0.1) is 0 Å². The molecule has 3 rings (SSSR count). The van der Waals surface area contributed by atoms with E-state index in [1.165, 1.54) is 10.6 Å². The highest BCUT2D eigenvalue weighted by atomic mass is 19.4. The number of imidazole rings is 1. The fourth-order valence-corrected chi connectivity index (χ4v) is 2.14. The zero-order valence-electron chi connectivity index (χ0n) is 10.2. The van der Waals surface area contributed by atoms with E-state index in [2.05, 4.69) is 4.98 Å². The molecule has 2 N–H and O–H groups in total. The second-order valence-electron chi connectivity index (χ2n) is 4.34. The van der Waals surface area contributed by atoms with Crippen molar-refractivity contribution in [2.24, 2.45) is 0 Å². The molecule has 0 aliphatic rings. The molecule has 0 amide bonds. The highest BCUT2D eigenvalue weighted by Crippen LogP contribution is 2.31. The minimum absolute atomic E-state index is 0.158. The summed E-state index contributed by atoms with van der Waals surface area (Å²) in [5, 5.41) is 0. The van der Waals surface area contributed by atoms with Crippen LogP contribution in [0.5, 0.6) is 0 Å². The van der Waals surface area contributed by atoms with E-state index in [9.17, 15) is 13.2 Å². The van der Waals surface area contributed by atoms with Gasteiger partial charge in [-0.25, -0.2) is 4.98 Å². The van der Waals surface area contributed by atoms with Gasteiger partial charge in [0, 0.05) is 5.69 Å². The van der Waals surface area contributed by atoms with Crippen molar-refractivity contribution in [3.05, 3.63) is 54.1 Å². The fourth-order valence-electron chi connectivity index (χ4n) is 2.14. The number of hydrogen-bond acceptors (Lipinski definition) is 2. The van der Waals surface area contributed by atoms with E-state index in [-0.39, 0.29) is 5.95 Å². The Kier molecular flexibility index (Phi) is 2.67. The average Bonchev–Trinajstić information content (AvgIpc) is 2.73. The molecule has 0 radical (unpaired) electrons. The van der Waals surface area contributed by atoms with Crippen molar-refractivity contribution < 1.29 is 13.2 Å². The molecule has 0 aliphatic carbocycles. The monoisotopic (exact) mass is 277 g/mol. The minimum Gasteiger partial charge on any atom is -0.369 e. The molecule has 6 heteroatoms. The third-order valence-electron chi connectivity index (χ3n) is 3.02. The number of nitrogens with zero attached hydrogens (tertiary/aromatic N) is 2. The number of alkyl halides is 3. The van der Waals surface area contributed by atoms with Crippen molar-refractivity contribution in [2.45, 2.75) is 6.18 Å². The first kappa shape index (κ1) is 12.5. The topological polar surface area (TPSA) is 43.8 Å². The third kappa shape index (κ3) is 1.99. The number of nitrogen functional groups attached to an aromatic ring is 1. The SMILES string of the molecule is Nc1nc2ccccc2n1-c1cccc(C(F)(F)F)c1. The van der Waals surface area contributed by atoms with Gasteiger partial charge in [0.1, 0.15) is 0 Å². The summed E-state index contributed by atoms with van der Waals surface area (Å²) in [6.07, 6.45) is -4.39. The summed E-state index contributed by atoms with van der Waals surface area (Å²) in [6.45, 7) is 0. The number of rotatable bonds is 1. The molecule has 0 fully saturated rings. The van der Waals surface area contributed by atoms with Crippen molar-refractivity contribution in [3.63, 3.8) is 0 Å². The zero-order valence-corrected chi connectivity index (χ0v) is 10.2. The number of anilines is 1. The van der Waals surface area contributed by atoms with Crippen molar-refractivity contribution in [1.82, 2.24) is 9.55 Å². The molecule has 3 aromatic rings. The molecule has 0 spiro atoms. The number of aromatic nitrogens is 2. The lowest BCUT2D eigenvalue weighted by Crippen LogP contribution is -2.07. The van der Waals surface area contributed by atoms with Gasteiger partial charge in [0.15, 0.2) is 0 Å². The molecular formula is C14H10F3N3. The van der Waals surface area contributed by atoms with Gasteiger partial charge in [-0.3, -0.25) is 4.57 Å². The summed E-state index contributed by atoms with van der Waals surface area (Å²) in [5.41, 5.74) is 6.75. The highest BCUT2D eigenvalue weighted by Gasteiger charge is 2.30. The number of benzene rings is 2. The van der Waals surface area contributed by atoms with Crippen LogP contribution in [0.25, 0.3) is 16.7 Å². The Labute approximate surface area is 112 Å². The van der Waals surface area contributed by atoms with Crippen molar-refractivity contribution in [2.75, 3.05) is 5.73 Å². The van der Waals surface area contributed by atoms with Crippen molar-refractivity contribution >= 4 is 17.0 Å². The van der Waals surface area contributed by atoms with Crippen LogP contribution in [0.1, 0.15) is 5.56 Å². The molecule has 1 heterocycles. The van der Waals surface area contributed by atoms with E-state index in [0.29, 0.717) is 16.7 Å². The van der Waals surface area contributed by atoms with Crippen LogP contribution in [0.3, 0.4) is 0 Å². The molecule has 20 heavy (non-hydrogen) atoms. The highest BCUT2D eigenvalue weighted by molar-refractivity contribution is 5.80. The maximum atomic E-state index is 12.8. The first-order chi connectivity index (χ1) is 9.47. The molecule has 0 aliphatic heterocycles. The van der Waals surface area contributed by atoms with Crippen LogP contribution in [0.4, 0.5) is 19.1 Å². The molecule has 0 bridgehead atoms. The Hall–Kier alpha value is -2.50. The fraction of sp³-hybridized carbons (Fsp3) is 0.0714. The number of para-hydroxylation sites is 2. The number of fused-ring (bicyclic) bond motifs is 1. The number of halogens is 3. The minimum atomic E-state index is -4.39. The molecule has 2 aromatic carbocycles. The summed E-state index contributed by atoms with van der Waals surface area (Å²) in [5.74, 6) is 0.158. The standard InChI is InChI=1S/C14H10F3N3/c15-14(16,17)9-4-3-5-10(8-9)20-12-7-2-1-6-11(12)19-13(20)18/h1-8H,(H2,18,19). The predicted octanol–water partition coefficient (Wildman–Crippen LogP) is 3.63. The third-order valence-corrected chi connectivity index (χ3v) is 3.02. The quantitative estimate of drug-likeness (QED) is 0.738. The largest absolute Gasteiger partial charge is 0.416 e. The average molecular weight is 277 g/mol. The van der Waals surface area contributed by atoms with Gasteiger partial charge in [0.2, 0.25) is 5.95 Å². The molecule has 0 atom stereocenters. The van der Waals surface area contributed by atoms with Gasteiger partial charge in [-0.2, -0.15) is 13.2 Å². The van der Waals surface area contributed by atoms with E-state index in [1.807, 2.05) is 0 Å². The predicted molar refractivity (Wildman–Crippen MR) is 70.5 cm³/mol. The summed E-state index contributed by atoms with van der Waals surface area (Å²) >= 11 is 0. The molecular weight excluding hydrogens is 267 g/mol. The van der Waals surface area contributed by atoms with Crippen LogP contribution >= 0.6 is 0 Å². The number of nitrogens with two attached hydrogens (primary N) is 1. The van der Waals surface area contributed by atoms with Gasteiger partial charge in [-0.1, -0.05) is 18.2 Å². The maximum absolute atomic E-state index is 12.8. The Balaban J connectivity index is 2.24. The van der Waals surface area contributed by atoms with Crippen LogP contribution in [-0.2, 0) is 6.18 Å². The molecule has 102 valence electrons. The van der Waals surface area contributed by atoms with E-state index in [4.69, 9.17) is 5.73 Å². The normalized spacial score (nSPS) is 11.9. The van der Waals surface area contributed by atoms with Gasteiger partial charge < -0.3 is 5.73 Å². The molecule has 0 unspecified atom stereocenters. The van der Waals surface area contributed by atoms with Crippen molar-refractivity contribution in [3.8, 4) is 5.69 Å². The van der Waals surface area contributed by atoms with Gasteiger partial charge in [-0.15, -0.1) is 0 Å². The Morgan fingerprint density at radius 3 is 2.50 bits per heavy atom. The van der Waals surface area contributed by atoms with Crippen LogP contribution < -0.4 is 5.73 Å². The summed E-state index contributed by atoms with van der Waals surface area (Å²) in [6, 6.07) is 12.1. The Bertz CT molecular complexity index is 775. The Morgan fingerprint density at radius 1 is 1.00 bits per heavy atom. The molecule has 0 saturated carbocycles. The summed E-state index contributed by atoms with van der Waals surface area (Å²) < 4.78 is 39.8.